The van der Waals surface area contributed by atoms with Crippen molar-refractivity contribution >= 4 is 17.3 Å². The van der Waals surface area contributed by atoms with Crippen LogP contribution < -0.4 is 10.6 Å². The van der Waals surface area contributed by atoms with Gasteiger partial charge in [-0.05, 0) is 49.2 Å². The number of nitrogens with one attached hydrogen (secondary N) is 2. The highest BCUT2D eigenvalue weighted by Gasteiger charge is 2.12. The Kier molecular flexibility index (Phi) is 5.73. The molecule has 0 fully saturated rings. The van der Waals surface area contributed by atoms with Crippen LogP contribution in [0.5, 0.6) is 0 Å². The minimum atomic E-state index is -0.870. The van der Waals surface area contributed by atoms with Crippen LogP contribution in [-0.2, 0) is 0 Å². The Morgan fingerprint density at radius 3 is 2.57 bits per heavy atom. The molecule has 0 saturated carbocycles. The molecule has 0 aliphatic heterocycles. The van der Waals surface area contributed by atoms with Gasteiger partial charge in [0.15, 0.2) is 0 Å². The fraction of sp³-hybridized carbons (Fsp3) is 0.278. The molecule has 1 amide bonds. The lowest BCUT2D eigenvalue weighted by atomic mass is 10.1. The summed E-state index contributed by atoms with van der Waals surface area (Å²) in [6, 6.07) is 12.8. The molecule has 5 nitrogen and oxygen atoms in total. The predicted molar refractivity (Wildman–Crippen MR) is 91.9 cm³/mol. The van der Waals surface area contributed by atoms with E-state index in [-0.39, 0.29) is 19.1 Å². The Balaban J connectivity index is 2.13. The van der Waals surface area contributed by atoms with Crippen molar-refractivity contribution in [2.45, 2.75) is 20.0 Å². The van der Waals surface area contributed by atoms with Crippen LogP contribution in [0.1, 0.15) is 21.5 Å². The smallest absolute Gasteiger partial charge is 0.257 e. The minimum absolute atomic E-state index is 0.171. The molecule has 5 heteroatoms. The van der Waals surface area contributed by atoms with Crippen molar-refractivity contribution in [2.75, 3.05) is 23.8 Å². The van der Waals surface area contributed by atoms with Crippen LogP contribution in [0.3, 0.4) is 0 Å². The first kappa shape index (κ1) is 17.0. The van der Waals surface area contributed by atoms with E-state index in [4.69, 9.17) is 5.11 Å². The lowest BCUT2D eigenvalue weighted by Gasteiger charge is -2.14. The number of aliphatic hydroxyl groups excluding tert-OH is 2. The molecule has 0 spiro atoms. The van der Waals surface area contributed by atoms with Crippen LogP contribution in [0.25, 0.3) is 0 Å². The molecule has 2 aromatic rings. The quantitative estimate of drug-likeness (QED) is 0.659. The number of carbonyl (C=O) groups excluding carboxylic acids is 1. The third kappa shape index (κ3) is 4.55. The van der Waals surface area contributed by atoms with Gasteiger partial charge in [0, 0.05) is 17.9 Å². The van der Waals surface area contributed by atoms with E-state index in [2.05, 4.69) is 10.6 Å². The molecule has 0 bridgehead atoms. The number of para-hydroxylation sites is 1. The first-order valence-electron chi connectivity index (χ1n) is 7.51. The van der Waals surface area contributed by atoms with Gasteiger partial charge in [-0.15, -0.1) is 0 Å². The topological polar surface area (TPSA) is 81.6 Å². The fourth-order valence-electron chi connectivity index (χ4n) is 2.15. The van der Waals surface area contributed by atoms with Gasteiger partial charge in [0.25, 0.3) is 5.91 Å². The van der Waals surface area contributed by atoms with Gasteiger partial charge in [-0.25, -0.2) is 0 Å². The summed E-state index contributed by atoms with van der Waals surface area (Å²) < 4.78 is 0. The Morgan fingerprint density at radius 1 is 1.13 bits per heavy atom. The molecular weight excluding hydrogens is 292 g/mol. The van der Waals surface area contributed by atoms with Gasteiger partial charge in [-0.3, -0.25) is 4.79 Å². The second-order valence-electron chi connectivity index (χ2n) is 5.52. The average molecular weight is 314 g/mol. The minimum Gasteiger partial charge on any atom is -0.394 e. The first-order valence-corrected chi connectivity index (χ1v) is 7.51. The van der Waals surface area contributed by atoms with E-state index in [1.807, 2.05) is 32.0 Å². The second kappa shape index (κ2) is 7.76. The molecule has 1 unspecified atom stereocenters. The highest BCUT2D eigenvalue weighted by Crippen LogP contribution is 2.19. The predicted octanol–water partition coefficient (Wildman–Crippen LogP) is 2.32. The molecule has 0 aliphatic rings. The van der Waals surface area contributed by atoms with E-state index >= 15 is 0 Å². The lowest BCUT2D eigenvalue weighted by Crippen LogP contribution is -2.24. The lowest BCUT2D eigenvalue weighted by molar-refractivity contribution is 0.102. The van der Waals surface area contributed by atoms with Gasteiger partial charge in [0.2, 0.25) is 0 Å². The van der Waals surface area contributed by atoms with Gasteiger partial charge in [0.05, 0.1) is 18.3 Å². The normalized spacial score (nSPS) is 11.8. The van der Waals surface area contributed by atoms with Crippen LogP contribution in [-0.4, -0.2) is 35.4 Å². The summed E-state index contributed by atoms with van der Waals surface area (Å²) in [5.41, 5.74) is 4.11. The average Bonchev–Trinajstić information content (AvgIpc) is 2.56. The van der Waals surface area contributed by atoms with E-state index < -0.39 is 6.10 Å². The Bertz CT molecular complexity index is 686. The first-order chi connectivity index (χ1) is 11.0. The summed E-state index contributed by atoms with van der Waals surface area (Å²) in [5.74, 6) is -0.227. The number of benzene rings is 2. The summed E-state index contributed by atoms with van der Waals surface area (Å²) in [4.78, 5) is 12.5. The summed E-state index contributed by atoms with van der Waals surface area (Å²) >= 11 is 0. The number of anilines is 2. The zero-order valence-corrected chi connectivity index (χ0v) is 13.3. The van der Waals surface area contributed by atoms with Crippen molar-refractivity contribution in [1.29, 1.82) is 0 Å². The molecule has 23 heavy (non-hydrogen) atoms. The number of hydrogen-bond acceptors (Lipinski definition) is 4. The van der Waals surface area contributed by atoms with Crippen LogP contribution in [0.2, 0.25) is 0 Å². The highest BCUT2D eigenvalue weighted by molar-refractivity contribution is 6.08. The summed E-state index contributed by atoms with van der Waals surface area (Å²) in [6.07, 6.45) is -0.870. The molecule has 2 rings (SSSR count). The van der Waals surface area contributed by atoms with Gasteiger partial charge in [0.1, 0.15) is 0 Å². The van der Waals surface area contributed by atoms with E-state index in [0.29, 0.717) is 11.3 Å². The van der Waals surface area contributed by atoms with E-state index in [9.17, 15) is 9.90 Å². The molecular formula is C18H22N2O3. The van der Waals surface area contributed by atoms with Crippen molar-refractivity contribution in [3.8, 4) is 0 Å². The number of amides is 1. The van der Waals surface area contributed by atoms with Gasteiger partial charge < -0.3 is 20.8 Å². The molecule has 0 radical (unpaired) electrons. The van der Waals surface area contributed by atoms with E-state index in [0.717, 1.165) is 11.3 Å². The number of hydrogen-bond donors (Lipinski definition) is 4. The van der Waals surface area contributed by atoms with Crippen LogP contribution in [0, 0.1) is 13.8 Å². The zero-order chi connectivity index (χ0) is 16.8. The largest absolute Gasteiger partial charge is 0.394 e. The zero-order valence-electron chi connectivity index (χ0n) is 13.3. The second-order valence-corrected chi connectivity index (χ2v) is 5.52. The maximum atomic E-state index is 12.5. The van der Waals surface area contributed by atoms with Crippen molar-refractivity contribution in [2.24, 2.45) is 0 Å². The van der Waals surface area contributed by atoms with Gasteiger partial charge >= 0.3 is 0 Å². The molecule has 0 heterocycles. The molecule has 4 N–H and O–H groups in total. The van der Waals surface area contributed by atoms with Crippen molar-refractivity contribution in [3.63, 3.8) is 0 Å². The van der Waals surface area contributed by atoms with Crippen molar-refractivity contribution < 1.29 is 15.0 Å². The molecule has 2 aromatic carbocycles. The molecule has 0 saturated heterocycles. The Labute approximate surface area is 136 Å². The monoisotopic (exact) mass is 314 g/mol. The summed E-state index contributed by atoms with van der Waals surface area (Å²) in [5, 5.41) is 24.2. The number of aliphatic hydroxyl groups is 2. The molecule has 122 valence electrons. The van der Waals surface area contributed by atoms with Crippen LogP contribution >= 0.6 is 0 Å². The standard InChI is InChI=1S/C18H22N2O3/c1-12-7-8-14(9-13(12)2)20-18(23)16-5-3-4-6-17(16)19-10-15(22)11-21/h3-9,15,19,21-22H,10-11H2,1-2H3,(H,20,23). The Hall–Kier alpha value is -2.37. The van der Waals surface area contributed by atoms with Gasteiger partial charge in [-0.2, -0.15) is 0 Å². The number of rotatable bonds is 6. The number of carbonyl (C=O) groups is 1. The summed E-state index contributed by atoms with van der Waals surface area (Å²) in [7, 11) is 0. The van der Waals surface area contributed by atoms with Crippen molar-refractivity contribution in [1.82, 2.24) is 0 Å². The number of aryl methyl sites for hydroxylation is 2. The van der Waals surface area contributed by atoms with E-state index in [1.165, 1.54) is 5.56 Å². The Morgan fingerprint density at radius 2 is 1.87 bits per heavy atom. The van der Waals surface area contributed by atoms with Crippen molar-refractivity contribution in [3.05, 3.63) is 59.2 Å². The van der Waals surface area contributed by atoms with Crippen LogP contribution in [0.15, 0.2) is 42.5 Å². The maximum Gasteiger partial charge on any atom is 0.257 e. The third-order valence-corrected chi connectivity index (χ3v) is 3.68. The highest BCUT2D eigenvalue weighted by atomic mass is 16.3. The molecule has 0 aliphatic carbocycles. The summed E-state index contributed by atoms with van der Waals surface area (Å²) in [6.45, 7) is 3.86. The molecule has 1 atom stereocenters. The maximum absolute atomic E-state index is 12.5. The van der Waals surface area contributed by atoms with E-state index in [1.54, 1.807) is 24.3 Å². The van der Waals surface area contributed by atoms with Crippen LogP contribution in [0.4, 0.5) is 11.4 Å². The molecule has 0 aromatic heterocycles. The third-order valence-electron chi connectivity index (χ3n) is 3.68. The SMILES string of the molecule is Cc1ccc(NC(=O)c2ccccc2NCC(O)CO)cc1C. The van der Waals surface area contributed by atoms with Gasteiger partial charge in [-0.1, -0.05) is 18.2 Å². The fourth-order valence-corrected chi connectivity index (χ4v) is 2.15.